The van der Waals surface area contributed by atoms with Crippen molar-refractivity contribution < 1.29 is 0 Å². The predicted octanol–water partition coefficient (Wildman–Crippen LogP) is 6.19. The van der Waals surface area contributed by atoms with E-state index in [1.807, 2.05) is 31.2 Å². The zero-order valence-corrected chi connectivity index (χ0v) is 16.0. The van der Waals surface area contributed by atoms with Crippen LogP contribution in [0.3, 0.4) is 0 Å². The zero-order chi connectivity index (χ0) is 18.8. The van der Waals surface area contributed by atoms with Gasteiger partial charge in [-0.3, -0.25) is 4.99 Å². The number of rotatable bonds is 4. The van der Waals surface area contributed by atoms with Gasteiger partial charge in [-0.1, -0.05) is 54.3 Å². The third-order valence-corrected chi connectivity index (χ3v) is 4.03. The van der Waals surface area contributed by atoms with E-state index in [1.165, 1.54) is 16.7 Å². The monoisotopic (exact) mass is 339 g/mol. The molecule has 130 valence electrons. The topological polar surface area (TPSA) is 12.4 Å². The van der Waals surface area contributed by atoms with E-state index < -0.39 is 0 Å². The van der Waals surface area contributed by atoms with Crippen molar-refractivity contribution in [3.63, 3.8) is 0 Å². The number of allylic oxidation sites excluding steroid dienone is 4. The fourth-order valence-electron chi connectivity index (χ4n) is 2.30. The summed E-state index contributed by atoms with van der Waals surface area (Å²) in [6.07, 6.45) is 13.4. The van der Waals surface area contributed by atoms with Gasteiger partial charge in [0.2, 0.25) is 0 Å². The largest absolute Gasteiger partial charge is 0.265 e. The number of nitrogens with zero attached hydrogens (tertiary/aromatic N) is 1. The van der Waals surface area contributed by atoms with E-state index in [1.54, 1.807) is 12.4 Å². The van der Waals surface area contributed by atoms with Gasteiger partial charge in [-0.25, -0.2) is 0 Å². The highest BCUT2D eigenvalue weighted by atomic mass is 14.6. The third-order valence-electron chi connectivity index (χ3n) is 4.03. The number of aliphatic imine (C=N–C) groups is 1. The van der Waals surface area contributed by atoms with Crippen LogP contribution in [0.25, 0.3) is 6.08 Å². The number of aryl methyl sites for hydroxylation is 3. The lowest BCUT2D eigenvalue weighted by molar-refractivity contribution is 1.33. The molecule has 0 aliphatic rings. The van der Waals surface area contributed by atoms with Crippen molar-refractivity contribution in [1.29, 1.82) is 0 Å². The second kappa shape index (κ2) is 10.0. The Morgan fingerprint density at radius 2 is 1.62 bits per heavy atom. The Hall–Kier alpha value is -3.11. The molecule has 0 unspecified atom stereocenters. The molecule has 26 heavy (non-hydrogen) atoms. The second-order valence-electron chi connectivity index (χ2n) is 6.15. The average Bonchev–Trinajstić information content (AvgIpc) is 2.64. The van der Waals surface area contributed by atoms with Crippen LogP contribution in [0.15, 0.2) is 71.9 Å². The standard InChI is InChI=1S/C25H25N/c1-5-16-26-17-8-6-7-9-23-13-11-21(3)25(19-23)15-14-24-12-10-20(2)22(4)18-24/h5-13,16-19H,1-4H3/b8-6-,9-7+,16-5-,26-17-. The summed E-state index contributed by atoms with van der Waals surface area (Å²) in [4.78, 5) is 4.08. The molecule has 0 aliphatic heterocycles. The summed E-state index contributed by atoms with van der Waals surface area (Å²) in [5, 5.41) is 0. The molecule has 0 saturated carbocycles. The molecule has 0 spiro atoms. The van der Waals surface area contributed by atoms with E-state index in [4.69, 9.17) is 0 Å². The smallest absolute Gasteiger partial charge is 0.0284 e. The molecule has 0 N–H and O–H groups in total. The first-order valence-corrected chi connectivity index (χ1v) is 8.78. The van der Waals surface area contributed by atoms with Crippen LogP contribution in [0.4, 0.5) is 0 Å². The summed E-state index contributed by atoms with van der Waals surface area (Å²) in [7, 11) is 0. The van der Waals surface area contributed by atoms with E-state index >= 15 is 0 Å². The molecule has 1 heteroatoms. The first kappa shape index (κ1) is 19.2. The van der Waals surface area contributed by atoms with E-state index in [2.05, 4.69) is 80.1 Å². The maximum absolute atomic E-state index is 4.08. The molecule has 2 aromatic rings. The van der Waals surface area contributed by atoms with Gasteiger partial charge in [0.1, 0.15) is 0 Å². The van der Waals surface area contributed by atoms with Crippen molar-refractivity contribution in [2.75, 3.05) is 0 Å². The van der Waals surface area contributed by atoms with Gasteiger partial charge in [-0.05, 0) is 74.2 Å². The molecule has 0 aromatic heterocycles. The Bertz CT molecular complexity index is 928. The lowest BCUT2D eigenvalue weighted by Crippen LogP contribution is -1.85. The number of hydrogen-bond acceptors (Lipinski definition) is 1. The fourth-order valence-corrected chi connectivity index (χ4v) is 2.30. The van der Waals surface area contributed by atoms with Crippen molar-refractivity contribution >= 4 is 12.3 Å². The van der Waals surface area contributed by atoms with Gasteiger partial charge >= 0.3 is 0 Å². The molecular formula is C25H25N. The van der Waals surface area contributed by atoms with Gasteiger partial charge in [0.15, 0.2) is 0 Å². The van der Waals surface area contributed by atoms with E-state index in [0.717, 1.165) is 16.7 Å². The van der Waals surface area contributed by atoms with Crippen LogP contribution in [-0.4, -0.2) is 6.21 Å². The highest BCUT2D eigenvalue weighted by Crippen LogP contribution is 2.13. The third kappa shape index (κ3) is 6.07. The number of benzene rings is 2. The highest BCUT2D eigenvalue weighted by molar-refractivity contribution is 5.72. The summed E-state index contributed by atoms with van der Waals surface area (Å²) >= 11 is 0. The molecule has 0 fully saturated rings. The van der Waals surface area contributed by atoms with Gasteiger partial charge < -0.3 is 0 Å². The molecule has 2 rings (SSSR count). The Labute approximate surface area is 157 Å². The van der Waals surface area contributed by atoms with Gasteiger partial charge in [-0.15, -0.1) is 0 Å². The first-order valence-electron chi connectivity index (χ1n) is 8.78. The van der Waals surface area contributed by atoms with E-state index in [-0.39, 0.29) is 0 Å². The maximum atomic E-state index is 4.08. The summed E-state index contributed by atoms with van der Waals surface area (Å²) in [5.74, 6) is 6.59. The van der Waals surface area contributed by atoms with E-state index in [9.17, 15) is 0 Å². The lowest BCUT2D eigenvalue weighted by Gasteiger charge is -2.01. The van der Waals surface area contributed by atoms with Crippen LogP contribution >= 0.6 is 0 Å². The molecule has 0 aliphatic carbocycles. The minimum atomic E-state index is 1.05. The van der Waals surface area contributed by atoms with Gasteiger partial charge in [0, 0.05) is 23.5 Å². The minimum Gasteiger partial charge on any atom is -0.265 e. The number of hydrogen-bond donors (Lipinski definition) is 0. The fraction of sp³-hybridized carbons (Fsp3) is 0.160. The molecule has 0 atom stereocenters. The molecule has 2 aromatic carbocycles. The van der Waals surface area contributed by atoms with Gasteiger partial charge in [0.25, 0.3) is 0 Å². The highest BCUT2D eigenvalue weighted by Gasteiger charge is 1.97. The molecule has 1 nitrogen and oxygen atoms in total. The minimum absolute atomic E-state index is 1.05. The Balaban J connectivity index is 2.15. The molecule has 0 saturated heterocycles. The van der Waals surface area contributed by atoms with Crippen molar-refractivity contribution in [2.24, 2.45) is 4.99 Å². The van der Waals surface area contributed by atoms with Crippen LogP contribution in [0.1, 0.15) is 40.3 Å². The van der Waals surface area contributed by atoms with E-state index in [0.29, 0.717) is 0 Å². The second-order valence-corrected chi connectivity index (χ2v) is 6.15. The van der Waals surface area contributed by atoms with Crippen molar-refractivity contribution in [2.45, 2.75) is 27.7 Å². The lowest BCUT2D eigenvalue weighted by atomic mass is 10.0. The molecule has 0 radical (unpaired) electrons. The Morgan fingerprint density at radius 3 is 2.38 bits per heavy atom. The average molecular weight is 339 g/mol. The van der Waals surface area contributed by atoms with Crippen LogP contribution in [-0.2, 0) is 0 Å². The summed E-state index contributed by atoms with van der Waals surface area (Å²) < 4.78 is 0. The van der Waals surface area contributed by atoms with Crippen LogP contribution in [0.5, 0.6) is 0 Å². The van der Waals surface area contributed by atoms with Crippen molar-refractivity contribution in [3.05, 3.63) is 100 Å². The summed E-state index contributed by atoms with van der Waals surface area (Å²) in [6.45, 7) is 8.27. The normalized spacial score (nSPS) is 11.7. The van der Waals surface area contributed by atoms with Crippen molar-refractivity contribution in [3.8, 4) is 11.8 Å². The Morgan fingerprint density at radius 1 is 0.808 bits per heavy atom. The first-order chi connectivity index (χ1) is 12.6. The molecule has 0 bridgehead atoms. The molecule has 0 heterocycles. The molecule has 0 amide bonds. The zero-order valence-electron chi connectivity index (χ0n) is 16.0. The van der Waals surface area contributed by atoms with Crippen LogP contribution in [0, 0.1) is 32.6 Å². The SMILES string of the molecule is C\C=C/N=C\C=C/C=C/c1ccc(C)c(C#Cc2ccc(C)c(C)c2)c1. The van der Waals surface area contributed by atoms with Gasteiger partial charge in [0.05, 0.1) is 0 Å². The maximum Gasteiger partial charge on any atom is 0.0284 e. The van der Waals surface area contributed by atoms with Crippen LogP contribution < -0.4 is 0 Å². The van der Waals surface area contributed by atoms with Crippen LogP contribution in [0.2, 0.25) is 0 Å². The molecular weight excluding hydrogens is 314 g/mol. The van der Waals surface area contributed by atoms with Crippen molar-refractivity contribution in [1.82, 2.24) is 0 Å². The summed E-state index contributed by atoms with van der Waals surface area (Å²) in [6, 6.07) is 12.7. The quantitative estimate of drug-likeness (QED) is 0.358. The summed E-state index contributed by atoms with van der Waals surface area (Å²) in [5.41, 5.74) is 7.00. The predicted molar refractivity (Wildman–Crippen MR) is 115 cm³/mol. The Kier molecular flexibility index (Phi) is 7.40. The van der Waals surface area contributed by atoms with Gasteiger partial charge in [-0.2, -0.15) is 0 Å².